The lowest BCUT2D eigenvalue weighted by molar-refractivity contribution is 0.0997. The first-order valence-electron chi connectivity index (χ1n) is 31.7. The highest BCUT2D eigenvalue weighted by Gasteiger charge is 2.28. The number of aldehydes is 1. The summed E-state index contributed by atoms with van der Waals surface area (Å²) in [5.74, 6) is -0.117. The molecule has 0 aliphatic rings. The summed E-state index contributed by atoms with van der Waals surface area (Å²) < 4.78 is 0. The van der Waals surface area contributed by atoms with E-state index in [2.05, 4.69) is 240 Å². The van der Waals surface area contributed by atoms with Crippen molar-refractivity contribution in [2.75, 3.05) is 9.80 Å². The molecule has 0 radical (unpaired) electrons. The van der Waals surface area contributed by atoms with Gasteiger partial charge in [0.1, 0.15) is 12.1 Å². The summed E-state index contributed by atoms with van der Waals surface area (Å²) >= 11 is 0. The van der Waals surface area contributed by atoms with Crippen molar-refractivity contribution in [3.8, 4) is 51.8 Å². The van der Waals surface area contributed by atoms with Crippen LogP contribution in [0.15, 0.2) is 212 Å². The molecule has 0 atom stereocenters. The summed E-state index contributed by atoms with van der Waals surface area (Å²) in [6, 6.07) is 78.9. The lowest BCUT2D eigenvalue weighted by atomic mass is 9.85. The van der Waals surface area contributed by atoms with Gasteiger partial charge in [-0.1, -0.05) is 223 Å². The van der Waals surface area contributed by atoms with Gasteiger partial charge < -0.3 is 9.80 Å². The van der Waals surface area contributed by atoms with Crippen LogP contribution < -0.4 is 9.80 Å². The van der Waals surface area contributed by atoms with Gasteiger partial charge in [-0.3, -0.25) is 9.59 Å². The Morgan fingerprint density at radius 1 is 0.398 bits per heavy atom. The molecule has 0 unspecified atom stereocenters. The molecule has 468 valence electrons. The fourth-order valence-corrected chi connectivity index (χ4v) is 11.5. The van der Waals surface area contributed by atoms with Crippen molar-refractivity contribution in [3.63, 3.8) is 0 Å². The summed E-state index contributed by atoms with van der Waals surface area (Å²) in [6.07, 6.45) is 0.916. The molecule has 0 N–H and O–H groups in total. The molecule has 0 bridgehead atoms. The fourth-order valence-electron chi connectivity index (χ4n) is 11.5. The first kappa shape index (κ1) is 68.4. The van der Waals surface area contributed by atoms with Crippen LogP contribution in [-0.2, 0) is 21.7 Å². The van der Waals surface area contributed by atoms with E-state index in [1.165, 1.54) is 22.3 Å². The highest BCUT2D eigenvalue weighted by atomic mass is 16.1. The van der Waals surface area contributed by atoms with Crippen molar-refractivity contribution in [1.82, 2.24) is 4.98 Å². The molecule has 8 heteroatoms. The third kappa shape index (κ3) is 16.2. The number of nitrogens with zero attached hydrogens (tertiary/aromatic N) is 6. The Morgan fingerprint density at radius 3 is 0.957 bits per heavy atom. The van der Waals surface area contributed by atoms with E-state index in [1.54, 1.807) is 24.3 Å². The molecule has 93 heavy (non-hydrogen) atoms. The van der Waals surface area contributed by atoms with E-state index in [0.29, 0.717) is 33.6 Å². The number of Topliss-reactive ketones (excluding diaryl/α,β-unsaturated/α-hetero) is 1. The minimum Gasteiger partial charge on any atom is -0.310 e. The molecule has 8 nitrogen and oxygen atoms in total. The van der Waals surface area contributed by atoms with Gasteiger partial charge in [0.25, 0.3) is 0 Å². The number of aryl methyl sites for hydroxylation is 4. The van der Waals surface area contributed by atoms with Gasteiger partial charge in [-0.15, -0.1) is 0 Å². The molecule has 10 rings (SSSR count). The second-order valence-electron chi connectivity index (χ2n) is 27.9. The highest BCUT2D eigenvalue weighted by molar-refractivity contribution is 5.97. The Labute approximate surface area is 553 Å². The number of nitriles is 3. The number of anilines is 6. The van der Waals surface area contributed by atoms with Crippen LogP contribution in [0.2, 0.25) is 0 Å². The normalized spacial score (nSPS) is 11.3. The van der Waals surface area contributed by atoms with Crippen LogP contribution in [0.25, 0.3) is 33.6 Å². The standard InChI is InChI=1S/C47H44N4.C29H35NO.C9H7NO/c1-31-27-39(51(37-23-19-35(20-24-37)46(3,4)5)38-25-21-36(22-26-38)47(6,7)8)28-32(2)42(31)43-40(29-48)44(33-15-11-9-12-16-33)50-45(41(43)30-49)34-17-13-10-14-18-34;1-20-17-26(18-21(2)27(20)19-31)30(24-13-9-22(10-14-24)28(3,4)5)25-15-11-23(12-16-25)29(6,7)8;10-7-6-9(11)8-4-2-1-3-5-8/h9-28H,1-8H3;9-19H,1-8H3;1-5H,6H2. The molecule has 0 saturated carbocycles. The van der Waals surface area contributed by atoms with Crippen molar-refractivity contribution >= 4 is 46.2 Å². The Hall–Kier alpha value is -10.5. The third-order valence-electron chi connectivity index (χ3n) is 16.8. The first-order valence-corrected chi connectivity index (χ1v) is 31.7. The topological polar surface area (TPSA) is 125 Å². The van der Waals surface area contributed by atoms with E-state index >= 15 is 0 Å². The van der Waals surface area contributed by atoms with Crippen LogP contribution >= 0.6 is 0 Å². The molecule has 0 fully saturated rings. The number of carbonyl (C=O) groups excluding carboxylic acids is 2. The van der Waals surface area contributed by atoms with Gasteiger partial charge in [0, 0.05) is 61.9 Å². The SMILES string of the molecule is Cc1cc(N(c2ccc(C(C)(C)C)cc2)c2ccc(C(C)(C)C)cc2)cc(C)c1-c1c(C#N)c(-c2ccccc2)nc(-c2ccccc2)c1C#N.Cc1cc(N(c2ccc(C(C)(C)C)cc2)c2ccc(C(C)(C)C)cc2)cc(C)c1C=O.N#CCC(=O)c1ccccc1. The average Bonchev–Trinajstić information content (AvgIpc) is 0.783. The summed E-state index contributed by atoms with van der Waals surface area (Å²) in [4.78, 5) is 32.1. The zero-order valence-corrected chi connectivity index (χ0v) is 57.0. The predicted octanol–water partition coefficient (Wildman–Crippen LogP) is 22.5. The van der Waals surface area contributed by atoms with E-state index in [-0.39, 0.29) is 33.9 Å². The molecule has 10 aromatic rings. The Balaban J connectivity index is 0.000000222. The van der Waals surface area contributed by atoms with Crippen molar-refractivity contribution in [2.45, 2.75) is 139 Å². The van der Waals surface area contributed by atoms with Gasteiger partial charge in [0.15, 0.2) is 12.1 Å². The number of aromatic nitrogens is 1. The molecule has 0 amide bonds. The van der Waals surface area contributed by atoms with Crippen LogP contribution in [-0.4, -0.2) is 17.1 Å². The summed E-state index contributed by atoms with van der Waals surface area (Å²) in [6.45, 7) is 34.9. The van der Waals surface area contributed by atoms with E-state index in [1.807, 2.05) is 86.6 Å². The molecule has 0 aliphatic heterocycles. The number of rotatable bonds is 12. The zero-order chi connectivity index (χ0) is 67.6. The predicted molar refractivity (Wildman–Crippen MR) is 386 cm³/mol. The molecule has 9 aromatic carbocycles. The molecule has 0 saturated heterocycles. The van der Waals surface area contributed by atoms with Gasteiger partial charge in [-0.25, -0.2) is 4.98 Å². The van der Waals surface area contributed by atoms with Crippen LogP contribution in [0.5, 0.6) is 0 Å². The number of benzene rings is 9. The monoisotopic (exact) mass is 1220 g/mol. The van der Waals surface area contributed by atoms with Gasteiger partial charge in [-0.2, -0.15) is 15.8 Å². The number of carbonyl (C=O) groups is 2. The summed E-state index contributed by atoms with van der Waals surface area (Å²) in [7, 11) is 0. The fraction of sp³-hybridized carbons (Fsp3) is 0.247. The second-order valence-corrected chi connectivity index (χ2v) is 27.9. The third-order valence-corrected chi connectivity index (χ3v) is 16.8. The average molecular weight is 1220 g/mol. The van der Waals surface area contributed by atoms with Crippen molar-refractivity contribution in [3.05, 3.63) is 279 Å². The molecule has 0 spiro atoms. The van der Waals surface area contributed by atoms with Crippen LogP contribution in [0.3, 0.4) is 0 Å². The smallest absolute Gasteiger partial charge is 0.176 e. The largest absolute Gasteiger partial charge is 0.310 e. The van der Waals surface area contributed by atoms with Gasteiger partial charge in [-0.05, 0) is 172 Å². The maximum absolute atomic E-state index is 11.5. The van der Waals surface area contributed by atoms with Gasteiger partial charge in [0.2, 0.25) is 0 Å². The Bertz CT molecular complexity index is 4150. The molecule has 1 heterocycles. The number of ketones is 1. The summed E-state index contributed by atoms with van der Waals surface area (Å²) in [5.41, 5.74) is 22.2. The van der Waals surface area contributed by atoms with Crippen LogP contribution in [0.1, 0.15) is 166 Å². The van der Waals surface area contributed by atoms with E-state index in [4.69, 9.17) is 10.2 Å². The lowest BCUT2D eigenvalue weighted by Gasteiger charge is -2.29. The van der Waals surface area contributed by atoms with Crippen LogP contribution in [0, 0.1) is 61.7 Å². The van der Waals surface area contributed by atoms with Gasteiger partial charge in [0.05, 0.1) is 35.0 Å². The molecule has 0 aliphatic carbocycles. The number of hydrogen-bond acceptors (Lipinski definition) is 8. The zero-order valence-electron chi connectivity index (χ0n) is 57.0. The van der Waals surface area contributed by atoms with Crippen molar-refractivity contribution in [1.29, 1.82) is 15.8 Å². The maximum atomic E-state index is 11.5. The Kier molecular flexibility index (Phi) is 21.2. The minimum absolute atomic E-state index is 0.0329. The molecule has 1 aromatic heterocycles. The number of pyridine rings is 1. The lowest BCUT2D eigenvalue weighted by Crippen LogP contribution is -2.15. The summed E-state index contributed by atoms with van der Waals surface area (Å²) in [5, 5.41) is 29.8. The first-order chi connectivity index (χ1) is 44.1. The highest BCUT2D eigenvalue weighted by Crippen LogP contribution is 2.45. The van der Waals surface area contributed by atoms with E-state index in [0.717, 1.165) is 84.9 Å². The van der Waals surface area contributed by atoms with Crippen molar-refractivity contribution < 1.29 is 9.59 Å². The maximum Gasteiger partial charge on any atom is 0.176 e. The van der Waals surface area contributed by atoms with E-state index in [9.17, 15) is 20.1 Å². The molecular formula is C85H86N6O2. The van der Waals surface area contributed by atoms with Crippen LogP contribution in [0.4, 0.5) is 34.1 Å². The van der Waals surface area contributed by atoms with Gasteiger partial charge >= 0.3 is 0 Å². The van der Waals surface area contributed by atoms with Crippen molar-refractivity contribution in [2.24, 2.45) is 0 Å². The van der Waals surface area contributed by atoms with E-state index < -0.39 is 0 Å². The Morgan fingerprint density at radius 2 is 0.688 bits per heavy atom. The minimum atomic E-state index is -0.117. The molecular weight excluding hydrogens is 1140 g/mol. The number of hydrogen-bond donors (Lipinski definition) is 0. The quantitative estimate of drug-likeness (QED) is 0.0875. The second kappa shape index (κ2) is 28.8.